The molecule has 0 aliphatic rings. The lowest BCUT2D eigenvalue weighted by Crippen LogP contribution is -2.29. The highest BCUT2D eigenvalue weighted by atomic mass is 19.1. The number of rotatable bonds is 8. The molecule has 0 bridgehead atoms. The molecule has 3 aromatic rings. The van der Waals surface area contributed by atoms with Crippen LogP contribution in [0.25, 0.3) is 6.08 Å². The van der Waals surface area contributed by atoms with E-state index in [9.17, 15) is 18.8 Å². The summed E-state index contributed by atoms with van der Waals surface area (Å²) in [5.41, 5.74) is 2.55. The Morgan fingerprint density at radius 2 is 1.84 bits per heavy atom. The number of hydrogen-bond acceptors (Lipinski definition) is 3. The van der Waals surface area contributed by atoms with E-state index in [4.69, 9.17) is 5.11 Å². The van der Waals surface area contributed by atoms with Crippen LogP contribution < -0.4 is 5.32 Å². The number of nitrogens with zero attached hydrogens (tertiary/aromatic N) is 1. The molecular weight excluding hydrogens is 399 g/mol. The van der Waals surface area contributed by atoms with Gasteiger partial charge in [-0.25, -0.2) is 4.39 Å². The summed E-state index contributed by atoms with van der Waals surface area (Å²) < 4.78 is 15.7. The van der Waals surface area contributed by atoms with Gasteiger partial charge in [0, 0.05) is 18.3 Å². The number of carbonyl (C=O) groups is 3. The van der Waals surface area contributed by atoms with Gasteiger partial charge in [-0.3, -0.25) is 14.4 Å². The number of nitrogens with one attached hydrogen (secondary N) is 1. The Balaban J connectivity index is 1.72. The first-order valence-corrected chi connectivity index (χ1v) is 9.58. The second-order valence-corrected chi connectivity index (χ2v) is 6.96. The molecule has 1 amide bonds. The molecule has 0 saturated heterocycles. The van der Waals surface area contributed by atoms with Gasteiger partial charge in [0.25, 0.3) is 5.91 Å². The lowest BCUT2D eigenvalue weighted by molar-refractivity contribution is -0.135. The minimum atomic E-state index is -1.22. The Kier molecular flexibility index (Phi) is 6.77. The van der Waals surface area contributed by atoms with Crippen LogP contribution in [0.2, 0.25) is 0 Å². The average molecular weight is 420 g/mol. The minimum absolute atomic E-state index is 0.0856. The van der Waals surface area contributed by atoms with E-state index in [1.54, 1.807) is 47.2 Å². The third-order valence-corrected chi connectivity index (χ3v) is 4.62. The monoisotopic (exact) mass is 420 g/mol. The van der Waals surface area contributed by atoms with Crippen molar-refractivity contribution < 1.29 is 23.9 Å². The zero-order valence-corrected chi connectivity index (χ0v) is 16.8. The standard InChI is InChI=1S/C24H21FN2O4/c1-16-6-9-18(10-7-16)23(30)21-5-3-13-27(21)12-2-4-17-8-11-20(25)19(14-17)24(31)26-15-22(28)29/h2-11,13-14H,12,15H2,1H3,(H,26,31)(H,28,29)/b4-2+. The summed E-state index contributed by atoms with van der Waals surface area (Å²) in [6.45, 7) is 1.76. The number of aromatic nitrogens is 1. The van der Waals surface area contributed by atoms with E-state index in [1.165, 1.54) is 12.1 Å². The van der Waals surface area contributed by atoms with Crippen LogP contribution in [0.3, 0.4) is 0 Å². The normalized spacial score (nSPS) is 10.9. The Morgan fingerprint density at radius 3 is 2.55 bits per heavy atom. The Labute approximate surface area is 178 Å². The van der Waals surface area contributed by atoms with Crippen molar-refractivity contribution in [1.82, 2.24) is 9.88 Å². The van der Waals surface area contributed by atoms with Gasteiger partial charge < -0.3 is 15.0 Å². The fourth-order valence-corrected chi connectivity index (χ4v) is 3.01. The zero-order chi connectivity index (χ0) is 22.4. The minimum Gasteiger partial charge on any atom is -0.480 e. The van der Waals surface area contributed by atoms with E-state index < -0.39 is 24.2 Å². The van der Waals surface area contributed by atoms with Crippen LogP contribution in [0.4, 0.5) is 4.39 Å². The number of aryl methyl sites for hydroxylation is 1. The van der Waals surface area contributed by atoms with Gasteiger partial charge in [-0.2, -0.15) is 0 Å². The lowest BCUT2D eigenvalue weighted by atomic mass is 10.1. The maximum atomic E-state index is 13.9. The molecule has 1 heterocycles. The number of carboxylic acids is 1. The van der Waals surface area contributed by atoms with Crippen molar-refractivity contribution in [2.24, 2.45) is 0 Å². The van der Waals surface area contributed by atoms with Crippen molar-refractivity contribution in [2.75, 3.05) is 6.54 Å². The van der Waals surface area contributed by atoms with Crippen molar-refractivity contribution in [1.29, 1.82) is 0 Å². The second kappa shape index (κ2) is 9.67. The second-order valence-electron chi connectivity index (χ2n) is 6.96. The Hall–Kier alpha value is -4.00. The van der Waals surface area contributed by atoms with E-state index in [2.05, 4.69) is 5.32 Å². The summed E-state index contributed by atoms with van der Waals surface area (Å²) in [6, 6.07) is 14.9. The maximum Gasteiger partial charge on any atom is 0.322 e. The highest BCUT2D eigenvalue weighted by Gasteiger charge is 2.14. The van der Waals surface area contributed by atoms with Crippen molar-refractivity contribution in [2.45, 2.75) is 13.5 Å². The summed E-state index contributed by atoms with van der Waals surface area (Å²) in [5.74, 6) is -2.84. The number of ketones is 1. The molecule has 0 atom stereocenters. The van der Waals surface area contributed by atoms with Gasteiger partial charge in [-0.05, 0) is 36.8 Å². The van der Waals surface area contributed by atoms with Crippen LogP contribution in [0.1, 0.15) is 37.5 Å². The molecule has 0 fully saturated rings. The van der Waals surface area contributed by atoms with Crippen LogP contribution in [0, 0.1) is 12.7 Å². The molecule has 0 unspecified atom stereocenters. The van der Waals surface area contributed by atoms with Gasteiger partial charge in [-0.1, -0.05) is 48.0 Å². The number of halogens is 1. The average Bonchev–Trinajstić information content (AvgIpc) is 3.21. The van der Waals surface area contributed by atoms with E-state index in [1.807, 2.05) is 19.1 Å². The van der Waals surface area contributed by atoms with E-state index in [-0.39, 0.29) is 11.3 Å². The topological polar surface area (TPSA) is 88.4 Å². The molecule has 31 heavy (non-hydrogen) atoms. The predicted octanol–water partition coefficient (Wildman–Crippen LogP) is 3.69. The third kappa shape index (κ3) is 5.54. The molecule has 7 heteroatoms. The molecule has 0 aliphatic heterocycles. The zero-order valence-electron chi connectivity index (χ0n) is 16.8. The summed E-state index contributed by atoms with van der Waals surface area (Å²) in [6.07, 6.45) is 5.28. The number of carboxylic acid groups (broad SMARTS) is 1. The van der Waals surface area contributed by atoms with Crippen molar-refractivity contribution in [3.05, 3.63) is 101 Å². The highest BCUT2D eigenvalue weighted by Crippen LogP contribution is 2.14. The summed E-state index contributed by atoms with van der Waals surface area (Å²) in [4.78, 5) is 35.3. The molecular formula is C24H21FN2O4. The third-order valence-electron chi connectivity index (χ3n) is 4.62. The number of carbonyl (C=O) groups excluding carboxylic acids is 2. The molecule has 3 rings (SSSR count). The molecule has 0 spiro atoms. The van der Waals surface area contributed by atoms with Gasteiger partial charge in [-0.15, -0.1) is 0 Å². The van der Waals surface area contributed by atoms with Gasteiger partial charge in [0.1, 0.15) is 12.4 Å². The molecule has 2 N–H and O–H groups in total. The van der Waals surface area contributed by atoms with E-state index in [0.717, 1.165) is 11.6 Å². The van der Waals surface area contributed by atoms with Crippen molar-refractivity contribution >= 4 is 23.7 Å². The van der Waals surface area contributed by atoms with Crippen LogP contribution >= 0.6 is 0 Å². The fourth-order valence-electron chi connectivity index (χ4n) is 3.01. The SMILES string of the molecule is Cc1ccc(C(=O)c2cccn2C/C=C/c2ccc(F)c(C(=O)NCC(=O)O)c2)cc1. The van der Waals surface area contributed by atoms with Crippen molar-refractivity contribution in [3.8, 4) is 0 Å². The summed E-state index contributed by atoms with van der Waals surface area (Å²) in [7, 11) is 0. The first-order chi connectivity index (χ1) is 14.8. The quantitative estimate of drug-likeness (QED) is 0.544. The number of aliphatic carboxylic acids is 1. The Morgan fingerprint density at radius 1 is 1.10 bits per heavy atom. The van der Waals surface area contributed by atoms with Crippen LogP contribution in [0.5, 0.6) is 0 Å². The van der Waals surface area contributed by atoms with Crippen LogP contribution in [0.15, 0.2) is 66.9 Å². The molecule has 158 valence electrons. The van der Waals surface area contributed by atoms with Gasteiger partial charge in [0.15, 0.2) is 0 Å². The first kappa shape index (κ1) is 21.7. The van der Waals surface area contributed by atoms with Crippen molar-refractivity contribution in [3.63, 3.8) is 0 Å². The van der Waals surface area contributed by atoms with Crippen LogP contribution in [-0.4, -0.2) is 33.9 Å². The smallest absolute Gasteiger partial charge is 0.322 e. The largest absolute Gasteiger partial charge is 0.480 e. The molecule has 1 aromatic heterocycles. The summed E-state index contributed by atoms with van der Waals surface area (Å²) in [5, 5.41) is 10.8. The van der Waals surface area contributed by atoms with Gasteiger partial charge in [0.05, 0.1) is 11.3 Å². The fraction of sp³-hybridized carbons (Fsp3) is 0.125. The molecule has 0 radical (unpaired) electrons. The number of amides is 1. The number of hydrogen-bond donors (Lipinski definition) is 2. The predicted molar refractivity (Wildman–Crippen MR) is 114 cm³/mol. The molecule has 6 nitrogen and oxygen atoms in total. The van der Waals surface area contributed by atoms with Crippen LogP contribution in [-0.2, 0) is 11.3 Å². The molecule has 0 aliphatic carbocycles. The summed E-state index contributed by atoms with van der Waals surface area (Å²) >= 11 is 0. The molecule has 2 aromatic carbocycles. The lowest BCUT2D eigenvalue weighted by Gasteiger charge is -2.07. The number of allylic oxidation sites excluding steroid dienone is 1. The molecule has 0 saturated carbocycles. The van der Waals surface area contributed by atoms with E-state index >= 15 is 0 Å². The highest BCUT2D eigenvalue weighted by molar-refractivity contribution is 6.08. The first-order valence-electron chi connectivity index (χ1n) is 9.58. The maximum absolute atomic E-state index is 13.9. The Bertz CT molecular complexity index is 1150. The number of benzene rings is 2. The van der Waals surface area contributed by atoms with E-state index in [0.29, 0.717) is 23.4 Å². The van der Waals surface area contributed by atoms with Gasteiger partial charge in [0.2, 0.25) is 5.78 Å². The van der Waals surface area contributed by atoms with Gasteiger partial charge >= 0.3 is 5.97 Å².